The van der Waals surface area contributed by atoms with E-state index < -0.39 is 6.10 Å². The van der Waals surface area contributed by atoms with Crippen molar-refractivity contribution < 1.29 is 5.11 Å². The number of halogens is 1. The van der Waals surface area contributed by atoms with Crippen LogP contribution in [0.4, 0.5) is 0 Å². The van der Waals surface area contributed by atoms with Crippen LogP contribution in [0.2, 0.25) is 5.15 Å². The molecule has 0 bridgehead atoms. The molecule has 1 saturated carbocycles. The molecule has 4 atom stereocenters. The lowest BCUT2D eigenvalue weighted by Gasteiger charge is -2.34. The number of aliphatic hydroxyl groups is 1. The SMILES string of the molecule is CC1CCC(C(O)c2ccnc(Cl)c2)CC1C. The maximum Gasteiger partial charge on any atom is 0.129 e. The summed E-state index contributed by atoms with van der Waals surface area (Å²) in [6, 6.07) is 3.63. The molecule has 1 heterocycles. The number of aliphatic hydroxyl groups excluding tert-OH is 1. The summed E-state index contributed by atoms with van der Waals surface area (Å²) >= 11 is 5.86. The van der Waals surface area contributed by atoms with Gasteiger partial charge < -0.3 is 5.11 Å². The summed E-state index contributed by atoms with van der Waals surface area (Å²) in [5, 5.41) is 10.8. The summed E-state index contributed by atoms with van der Waals surface area (Å²) in [5.41, 5.74) is 0.900. The van der Waals surface area contributed by atoms with E-state index in [0.29, 0.717) is 17.0 Å². The van der Waals surface area contributed by atoms with Gasteiger partial charge in [-0.1, -0.05) is 31.9 Å². The molecule has 2 nitrogen and oxygen atoms in total. The summed E-state index contributed by atoms with van der Waals surface area (Å²) in [6.07, 6.45) is 4.68. The third kappa shape index (κ3) is 2.99. The number of hydrogen-bond donors (Lipinski definition) is 1. The summed E-state index contributed by atoms with van der Waals surface area (Å²) in [7, 11) is 0. The molecule has 0 amide bonds. The monoisotopic (exact) mass is 253 g/mol. The van der Waals surface area contributed by atoms with Gasteiger partial charge in [0.25, 0.3) is 0 Å². The zero-order chi connectivity index (χ0) is 12.4. The van der Waals surface area contributed by atoms with Gasteiger partial charge in [0.15, 0.2) is 0 Å². The molecule has 1 N–H and O–H groups in total. The number of nitrogens with zero attached hydrogens (tertiary/aromatic N) is 1. The van der Waals surface area contributed by atoms with Crippen LogP contribution in [-0.2, 0) is 0 Å². The maximum absolute atomic E-state index is 10.4. The van der Waals surface area contributed by atoms with Crippen LogP contribution in [0.15, 0.2) is 18.3 Å². The zero-order valence-electron chi connectivity index (χ0n) is 10.4. The molecule has 2 rings (SSSR count). The fourth-order valence-corrected chi connectivity index (χ4v) is 2.93. The molecule has 0 saturated heterocycles. The Morgan fingerprint density at radius 2 is 2.12 bits per heavy atom. The zero-order valence-corrected chi connectivity index (χ0v) is 11.2. The topological polar surface area (TPSA) is 33.1 Å². The van der Waals surface area contributed by atoms with E-state index in [9.17, 15) is 5.11 Å². The molecule has 1 aromatic rings. The molecule has 3 heteroatoms. The van der Waals surface area contributed by atoms with Crippen LogP contribution in [0.25, 0.3) is 0 Å². The number of hydrogen-bond acceptors (Lipinski definition) is 2. The van der Waals surface area contributed by atoms with Gasteiger partial charge in [-0.15, -0.1) is 0 Å². The summed E-state index contributed by atoms with van der Waals surface area (Å²) in [6.45, 7) is 4.58. The van der Waals surface area contributed by atoms with Crippen molar-refractivity contribution in [3.63, 3.8) is 0 Å². The van der Waals surface area contributed by atoms with Crippen molar-refractivity contribution in [1.82, 2.24) is 4.98 Å². The van der Waals surface area contributed by atoms with Gasteiger partial charge in [0, 0.05) is 6.20 Å². The van der Waals surface area contributed by atoms with Crippen LogP contribution in [-0.4, -0.2) is 10.1 Å². The van der Waals surface area contributed by atoms with Gasteiger partial charge in [-0.2, -0.15) is 0 Å². The lowest BCUT2D eigenvalue weighted by Crippen LogP contribution is -2.25. The van der Waals surface area contributed by atoms with E-state index in [0.717, 1.165) is 24.3 Å². The molecule has 0 spiro atoms. The van der Waals surface area contributed by atoms with Gasteiger partial charge in [-0.3, -0.25) is 0 Å². The highest BCUT2D eigenvalue weighted by molar-refractivity contribution is 6.29. The Morgan fingerprint density at radius 1 is 1.35 bits per heavy atom. The minimum Gasteiger partial charge on any atom is -0.388 e. The first-order chi connectivity index (χ1) is 8.08. The minimum absolute atomic E-state index is 0.361. The van der Waals surface area contributed by atoms with E-state index >= 15 is 0 Å². The Kier molecular flexibility index (Phi) is 4.05. The fourth-order valence-electron chi connectivity index (χ4n) is 2.75. The average Bonchev–Trinajstić information content (AvgIpc) is 2.32. The second kappa shape index (κ2) is 5.36. The van der Waals surface area contributed by atoms with Gasteiger partial charge in [0.05, 0.1) is 6.10 Å². The Hall–Kier alpha value is -0.600. The third-order valence-electron chi connectivity index (χ3n) is 4.18. The smallest absolute Gasteiger partial charge is 0.129 e. The highest BCUT2D eigenvalue weighted by Gasteiger charge is 2.29. The second-order valence-electron chi connectivity index (χ2n) is 5.38. The third-order valence-corrected chi connectivity index (χ3v) is 4.38. The normalized spacial score (nSPS) is 31.2. The van der Waals surface area contributed by atoms with E-state index in [-0.39, 0.29) is 0 Å². The van der Waals surface area contributed by atoms with Gasteiger partial charge in [0.2, 0.25) is 0 Å². The molecular formula is C14H20ClNO. The van der Waals surface area contributed by atoms with Crippen LogP contribution in [0, 0.1) is 17.8 Å². The van der Waals surface area contributed by atoms with E-state index in [1.54, 1.807) is 12.3 Å². The molecule has 0 aromatic carbocycles. The lowest BCUT2D eigenvalue weighted by atomic mass is 9.73. The molecule has 1 aromatic heterocycles. The molecule has 4 unspecified atom stereocenters. The van der Waals surface area contributed by atoms with Crippen molar-refractivity contribution in [3.05, 3.63) is 29.0 Å². The Morgan fingerprint density at radius 3 is 2.76 bits per heavy atom. The van der Waals surface area contributed by atoms with Crippen LogP contribution < -0.4 is 0 Å². The van der Waals surface area contributed by atoms with Crippen molar-refractivity contribution in [3.8, 4) is 0 Å². The molecule has 17 heavy (non-hydrogen) atoms. The van der Waals surface area contributed by atoms with Crippen molar-refractivity contribution in [2.24, 2.45) is 17.8 Å². The van der Waals surface area contributed by atoms with Crippen molar-refractivity contribution in [2.75, 3.05) is 0 Å². The maximum atomic E-state index is 10.4. The van der Waals surface area contributed by atoms with E-state index in [1.807, 2.05) is 6.07 Å². The summed E-state index contributed by atoms with van der Waals surface area (Å²) < 4.78 is 0. The van der Waals surface area contributed by atoms with Crippen LogP contribution in [0.5, 0.6) is 0 Å². The average molecular weight is 254 g/mol. The number of aromatic nitrogens is 1. The summed E-state index contributed by atoms with van der Waals surface area (Å²) in [5.74, 6) is 1.83. The minimum atomic E-state index is -0.398. The van der Waals surface area contributed by atoms with E-state index in [2.05, 4.69) is 18.8 Å². The predicted molar refractivity (Wildman–Crippen MR) is 69.9 cm³/mol. The van der Waals surface area contributed by atoms with Gasteiger partial charge in [-0.05, 0) is 48.3 Å². The van der Waals surface area contributed by atoms with Gasteiger partial charge >= 0.3 is 0 Å². The summed E-state index contributed by atoms with van der Waals surface area (Å²) in [4.78, 5) is 3.95. The number of pyridine rings is 1. The van der Waals surface area contributed by atoms with E-state index in [1.165, 1.54) is 6.42 Å². The lowest BCUT2D eigenvalue weighted by molar-refractivity contribution is 0.0560. The first-order valence-corrected chi connectivity index (χ1v) is 6.75. The largest absolute Gasteiger partial charge is 0.388 e. The van der Waals surface area contributed by atoms with Gasteiger partial charge in [0.1, 0.15) is 5.15 Å². The Bertz CT molecular complexity index is 382. The highest BCUT2D eigenvalue weighted by atomic mass is 35.5. The molecule has 1 aliphatic carbocycles. The van der Waals surface area contributed by atoms with Crippen LogP contribution in [0.1, 0.15) is 44.8 Å². The van der Waals surface area contributed by atoms with Gasteiger partial charge in [-0.25, -0.2) is 4.98 Å². The van der Waals surface area contributed by atoms with Crippen molar-refractivity contribution in [2.45, 2.75) is 39.2 Å². The molecule has 0 aliphatic heterocycles. The fraction of sp³-hybridized carbons (Fsp3) is 0.643. The predicted octanol–water partition coefficient (Wildman–Crippen LogP) is 3.84. The standard InChI is InChI=1S/C14H20ClNO/c1-9-3-4-11(7-10(9)2)14(17)12-5-6-16-13(15)8-12/h5-6,8-11,14,17H,3-4,7H2,1-2H3. The second-order valence-corrected chi connectivity index (χ2v) is 5.77. The van der Waals surface area contributed by atoms with Crippen LogP contribution in [0.3, 0.4) is 0 Å². The molecule has 1 aliphatic rings. The quantitative estimate of drug-likeness (QED) is 0.813. The molecule has 94 valence electrons. The first kappa shape index (κ1) is 12.8. The highest BCUT2D eigenvalue weighted by Crippen LogP contribution is 2.39. The number of rotatable bonds is 2. The molecular weight excluding hydrogens is 234 g/mol. The Balaban J connectivity index is 2.07. The first-order valence-electron chi connectivity index (χ1n) is 6.37. The molecule has 0 radical (unpaired) electrons. The van der Waals surface area contributed by atoms with Crippen molar-refractivity contribution >= 4 is 11.6 Å². The molecule has 1 fully saturated rings. The Labute approximate surface area is 108 Å². The van der Waals surface area contributed by atoms with E-state index in [4.69, 9.17) is 11.6 Å². The van der Waals surface area contributed by atoms with Crippen LogP contribution >= 0.6 is 11.6 Å². The van der Waals surface area contributed by atoms with Crippen molar-refractivity contribution in [1.29, 1.82) is 0 Å².